The van der Waals surface area contributed by atoms with E-state index in [4.69, 9.17) is 0 Å². The molecule has 2 nitrogen and oxygen atoms in total. The van der Waals surface area contributed by atoms with Gasteiger partial charge in [0.05, 0.1) is 16.8 Å². The van der Waals surface area contributed by atoms with E-state index in [-0.39, 0.29) is 5.82 Å². The van der Waals surface area contributed by atoms with E-state index < -0.39 is 0 Å². The molecule has 0 amide bonds. The lowest BCUT2D eigenvalue weighted by atomic mass is 10.1. The molecule has 1 aromatic heterocycles. The number of rotatable bonds is 2. The van der Waals surface area contributed by atoms with Gasteiger partial charge in [-0.05, 0) is 49.8 Å². The second kappa shape index (κ2) is 5.16. The molecule has 0 aliphatic rings. The Balaban J connectivity index is 2.47. The zero-order chi connectivity index (χ0) is 15.9. The third-order valence-corrected chi connectivity index (χ3v) is 3.74. The molecule has 3 rings (SSSR count). The van der Waals surface area contributed by atoms with Crippen LogP contribution in [0.1, 0.15) is 23.7 Å². The van der Waals surface area contributed by atoms with Gasteiger partial charge >= 0.3 is 0 Å². The second-order valence-electron chi connectivity index (χ2n) is 5.45. The lowest BCUT2D eigenvalue weighted by Gasteiger charge is -2.11. The predicted octanol–water partition coefficient (Wildman–Crippen LogP) is 4.98. The molecule has 22 heavy (non-hydrogen) atoms. The van der Waals surface area contributed by atoms with Crippen molar-refractivity contribution in [1.82, 2.24) is 4.57 Å². The van der Waals surface area contributed by atoms with Crippen LogP contribution >= 0.6 is 0 Å². The van der Waals surface area contributed by atoms with Crippen molar-refractivity contribution in [3.05, 3.63) is 71.7 Å². The molecular weight excluding hydrogens is 275 g/mol. The van der Waals surface area contributed by atoms with Crippen molar-refractivity contribution in [3.63, 3.8) is 0 Å². The molecule has 0 N–H and O–H groups in total. The Kier molecular flexibility index (Phi) is 3.30. The van der Waals surface area contributed by atoms with Gasteiger partial charge in [-0.15, -0.1) is 0 Å². The number of nitriles is 1. The van der Waals surface area contributed by atoms with E-state index in [2.05, 4.69) is 12.6 Å². The zero-order valence-electron chi connectivity index (χ0n) is 12.5. The van der Waals surface area contributed by atoms with Gasteiger partial charge in [0.15, 0.2) is 0 Å². The van der Waals surface area contributed by atoms with E-state index in [1.807, 2.05) is 42.7 Å². The fraction of sp³-hybridized carbons (Fsp3) is 0.105. The summed E-state index contributed by atoms with van der Waals surface area (Å²) in [5.41, 5.74) is 4.86. The number of aromatic nitrogens is 1. The molecule has 0 bridgehead atoms. The molecule has 0 saturated carbocycles. The van der Waals surface area contributed by atoms with Crippen LogP contribution in [0.2, 0.25) is 0 Å². The Labute approximate surface area is 128 Å². The smallest absolute Gasteiger partial charge is 0.124 e. The number of nitrogens with zero attached hydrogens (tertiary/aromatic N) is 2. The third-order valence-electron chi connectivity index (χ3n) is 3.74. The second-order valence-corrected chi connectivity index (χ2v) is 5.45. The molecule has 0 spiro atoms. The number of fused-ring (bicyclic) bond motifs is 1. The first-order valence-electron chi connectivity index (χ1n) is 7.00. The largest absolute Gasteiger partial charge is 0.308 e. The van der Waals surface area contributed by atoms with E-state index in [9.17, 15) is 9.65 Å². The number of halogens is 1. The molecule has 0 saturated heterocycles. The topological polar surface area (TPSA) is 28.7 Å². The summed E-state index contributed by atoms with van der Waals surface area (Å²) in [6, 6.07) is 14.7. The number of aryl methyl sites for hydroxylation is 1. The summed E-state index contributed by atoms with van der Waals surface area (Å²) in [5.74, 6) is -0.349. The van der Waals surface area contributed by atoms with Crippen molar-refractivity contribution in [2.45, 2.75) is 13.8 Å². The standard InChI is InChI=1S/C19H15FN2/c1-12(2)19-17(11-21)16-10-14(20)6-9-18(16)22(19)15-7-4-13(3)5-8-15/h4-10H,1H2,2-3H3. The van der Waals surface area contributed by atoms with Crippen molar-refractivity contribution in [3.8, 4) is 11.8 Å². The van der Waals surface area contributed by atoms with Crippen LogP contribution in [0.3, 0.4) is 0 Å². The highest BCUT2D eigenvalue weighted by Crippen LogP contribution is 2.33. The summed E-state index contributed by atoms with van der Waals surface area (Å²) in [4.78, 5) is 0. The summed E-state index contributed by atoms with van der Waals surface area (Å²) in [6.45, 7) is 7.87. The monoisotopic (exact) mass is 290 g/mol. The molecular formula is C19H15FN2. The van der Waals surface area contributed by atoms with Crippen LogP contribution in [0.25, 0.3) is 22.2 Å². The van der Waals surface area contributed by atoms with E-state index >= 15 is 0 Å². The van der Waals surface area contributed by atoms with Gasteiger partial charge in [0.2, 0.25) is 0 Å². The Morgan fingerprint density at radius 3 is 2.45 bits per heavy atom. The van der Waals surface area contributed by atoms with Gasteiger partial charge in [-0.3, -0.25) is 0 Å². The molecule has 0 unspecified atom stereocenters. The molecule has 0 aliphatic carbocycles. The molecule has 2 aromatic carbocycles. The first kappa shape index (κ1) is 14.1. The van der Waals surface area contributed by atoms with Gasteiger partial charge in [0, 0.05) is 11.1 Å². The van der Waals surface area contributed by atoms with Crippen molar-refractivity contribution in [2.75, 3.05) is 0 Å². The van der Waals surface area contributed by atoms with Gasteiger partial charge in [-0.25, -0.2) is 4.39 Å². The Bertz CT molecular complexity index is 925. The quantitative estimate of drug-likeness (QED) is 0.654. The summed E-state index contributed by atoms with van der Waals surface area (Å²) < 4.78 is 15.6. The van der Waals surface area contributed by atoms with Crippen LogP contribution in [-0.4, -0.2) is 4.57 Å². The minimum atomic E-state index is -0.349. The summed E-state index contributed by atoms with van der Waals surface area (Å²) >= 11 is 0. The number of hydrogen-bond acceptors (Lipinski definition) is 1. The normalized spacial score (nSPS) is 10.6. The molecule has 108 valence electrons. The van der Waals surface area contributed by atoms with Crippen molar-refractivity contribution < 1.29 is 4.39 Å². The predicted molar refractivity (Wildman–Crippen MR) is 87.4 cm³/mol. The van der Waals surface area contributed by atoms with Gasteiger partial charge in [-0.2, -0.15) is 5.26 Å². The lowest BCUT2D eigenvalue weighted by Crippen LogP contribution is -1.99. The molecule has 3 aromatic rings. The maximum atomic E-state index is 13.6. The van der Waals surface area contributed by atoms with Gasteiger partial charge < -0.3 is 4.57 Å². The first-order chi connectivity index (χ1) is 10.5. The van der Waals surface area contributed by atoms with E-state index in [1.165, 1.54) is 12.1 Å². The van der Waals surface area contributed by atoms with Crippen LogP contribution in [0.5, 0.6) is 0 Å². The van der Waals surface area contributed by atoms with E-state index in [0.717, 1.165) is 28.0 Å². The lowest BCUT2D eigenvalue weighted by molar-refractivity contribution is 0.629. The molecule has 3 heteroatoms. The van der Waals surface area contributed by atoms with E-state index in [0.29, 0.717) is 10.9 Å². The highest BCUT2D eigenvalue weighted by molar-refractivity contribution is 5.94. The van der Waals surface area contributed by atoms with Crippen LogP contribution < -0.4 is 0 Å². The fourth-order valence-corrected chi connectivity index (χ4v) is 2.74. The average molecular weight is 290 g/mol. The van der Waals surface area contributed by atoms with Crippen LogP contribution in [-0.2, 0) is 0 Å². The van der Waals surface area contributed by atoms with Crippen LogP contribution in [0.4, 0.5) is 4.39 Å². The third kappa shape index (κ3) is 2.10. The highest BCUT2D eigenvalue weighted by atomic mass is 19.1. The maximum Gasteiger partial charge on any atom is 0.124 e. The SMILES string of the molecule is C=C(C)c1c(C#N)c2cc(F)ccc2n1-c1ccc(C)cc1. The Morgan fingerprint density at radius 1 is 1.18 bits per heavy atom. The molecule has 1 heterocycles. The van der Waals surface area contributed by atoms with Crippen molar-refractivity contribution in [2.24, 2.45) is 0 Å². The average Bonchev–Trinajstić information content (AvgIpc) is 2.81. The number of benzene rings is 2. The molecule has 0 aliphatic heterocycles. The van der Waals surface area contributed by atoms with E-state index in [1.54, 1.807) is 6.07 Å². The Hall–Kier alpha value is -2.86. The molecule has 0 radical (unpaired) electrons. The minimum Gasteiger partial charge on any atom is -0.308 e. The Morgan fingerprint density at radius 2 is 1.86 bits per heavy atom. The summed E-state index contributed by atoms with van der Waals surface area (Å²) in [7, 11) is 0. The van der Waals surface area contributed by atoms with Gasteiger partial charge in [0.1, 0.15) is 11.9 Å². The van der Waals surface area contributed by atoms with Crippen LogP contribution in [0.15, 0.2) is 49.0 Å². The molecule has 0 fully saturated rings. The van der Waals surface area contributed by atoms with Gasteiger partial charge in [0.25, 0.3) is 0 Å². The first-order valence-corrected chi connectivity index (χ1v) is 7.00. The number of allylic oxidation sites excluding steroid dienone is 1. The zero-order valence-corrected chi connectivity index (χ0v) is 12.5. The van der Waals surface area contributed by atoms with Crippen LogP contribution in [0, 0.1) is 24.1 Å². The number of hydrogen-bond donors (Lipinski definition) is 0. The maximum absolute atomic E-state index is 13.6. The fourth-order valence-electron chi connectivity index (χ4n) is 2.74. The van der Waals surface area contributed by atoms with Gasteiger partial charge in [-0.1, -0.05) is 24.3 Å². The summed E-state index contributed by atoms with van der Waals surface area (Å²) in [6.07, 6.45) is 0. The van der Waals surface area contributed by atoms with Crippen molar-refractivity contribution in [1.29, 1.82) is 5.26 Å². The minimum absolute atomic E-state index is 0.349. The highest BCUT2D eigenvalue weighted by Gasteiger charge is 2.19. The molecule has 0 atom stereocenters. The summed E-state index contributed by atoms with van der Waals surface area (Å²) in [5, 5.41) is 10.1. The van der Waals surface area contributed by atoms with Crippen molar-refractivity contribution >= 4 is 16.5 Å².